The van der Waals surface area contributed by atoms with Gasteiger partial charge in [0.25, 0.3) is 0 Å². The van der Waals surface area contributed by atoms with Crippen LogP contribution >= 0.6 is 0 Å². The number of hydrogen-bond donors (Lipinski definition) is 1. The SMILES string of the molecule is O=C1CN2CN=CC2CN1. The minimum atomic E-state index is 0.113. The summed E-state index contributed by atoms with van der Waals surface area (Å²) in [5.74, 6) is 0.113. The van der Waals surface area contributed by atoms with Gasteiger partial charge in [-0.15, -0.1) is 0 Å². The number of nitrogens with one attached hydrogen (secondary N) is 1. The zero-order chi connectivity index (χ0) is 6.97. The molecule has 1 atom stereocenters. The molecule has 0 bridgehead atoms. The number of hydrogen-bond acceptors (Lipinski definition) is 3. The lowest BCUT2D eigenvalue weighted by Crippen LogP contribution is -2.52. The summed E-state index contributed by atoms with van der Waals surface area (Å²) in [5.41, 5.74) is 0. The zero-order valence-corrected chi connectivity index (χ0v) is 5.58. The molecule has 4 heteroatoms. The number of rotatable bonds is 0. The maximum absolute atomic E-state index is 10.8. The van der Waals surface area contributed by atoms with E-state index < -0.39 is 0 Å². The Morgan fingerprint density at radius 3 is 3.60 bits per heavy atom. The molecule has 2 aliphatic heterocycles. The molecule has 0 spiro atoms. The third-order valence-corrected chi connectivity index (χ3v) is 1.86. The predicted molar refractivity (Wildman–Crippen MR) is 36.9 cm³/mol. The van der Waals surface area contributed by atoms with E-state index >= 15 is 0 Å². The summed E-state index contributed by atoms with van der Waals surface area (Å²) in [6.07, 6.45) is 1.90. The van der Waals surface area contributed by atoms with Crippen LogP contribution in [0.15, 0.2) is 4.99 Å². The molecule has 0 aromatic heterocycles. The Labute approximate surface area is 58.9 Å². The van der Waals surface area contributed by atoms with Gasteiger partial charge in [-0.1, -0.05) is 0 Å². The van der Waals surface area contributed by atoms with Crippen LogP contribution in [0.25, 0.3) is 0 Å². The summed E-state index contributed by atoms with van der Waals surface area (Å²) >= 11 is 0. The van der Waals surface area contributed by atoms with E-state index in [2.05, 4.69) is 15.2 Å². The monoisotopic (exact) mass is 139 g/mol. The van der Waals surface area contributed by atoms with Crippen LogP contribution in [-0.4, -0.2) is 42.8 Å². The molecule has 1 amide bonds. The summed E-state index contributed by atoms with van der Waals surface area (Å²) in [6.45, 7) is 1.92. The molecule has 54 valence electrons. The van der Waals surface area contributed by atoms with Crippen LogP contribution in [0.3, 0.4) is 0 Å². The predicted octanol–water partition coefficient (Wildman–Crippen LogP) is -1.17. The number of nitrogens with zero attached hydrogens (tertiary/aromatic N) is 2. The van der Waals surface area contributed by atoms with Crippen LogP contribution in [0, 0.1) is 0 Å². The number of aliphatic imine (C=N–C) groups is 1. The molecule has 4 nitrogen and oxygen atoms in total. The first-order valence-corrected chi connectivity index (χ1v) is 3.37. The number of carbonyl (C=O) groups is 1. The topological polar surface area (TPSA) is 44.7 Å². The van der Waals surface area contributed by atoms with Gasteiger partial charge in [0.15, 0.2) is 0 Å². The summed E-state index contributed by atoms with van der Waals surface area (Å²) in [4.78, 5) is 16.9. The second-order valence-corrected chi connectivity index (χ2v) is 2.59. The number of carbonyl (C=O) groups excluding carboxylic acids is 1. The quantitative estimate of drug-likeness (QED) is 0.459. The Morgan fingerprint density at radius 1 is 1.80 bits per heavy atom. The van der Waals surface area contributed by atoms with Gasteiger partial charge < -0.3 is 5.32 Å². The van der Waals surface area contributed by atoms with Gasteiger partial charge in [-0.2, -0.15) is 0 Å². The van der Waals surface area contributed by atoms with Crippen LogP contribution in [0.4, 0.5) is 0 Å². The molecule has 0 aromatic rings. The van der Waals surface area contributed by atoms with Crippen molar-refractivity contribution in [3.8, 4) is 0 Å². The van der Waals surface area contributed by atoms with Gasteiger partial charge in [-0.25, -0.2) is 0 Å². The van der Waals surface area contributed by atoms with Crippen molar-refractivity contribution in [3.05, 3.63) is 0 Å². The molecule has 2 aliphatic rings. The largest absolute Gasteiger partial charge is 0.353 e. The maximum atomic E-state index is 10.8. The van der Waals surface area contributed by atoms with Crippen molar-refractivity contribution in [1.82, 2.24) is 10.2 Å². The van der Waals surface area contributed by atoms with Crippen LogP contribution in [0.5, 0.6) is 0 Å². The second kappa shape index (κ2) is 2.05. The highest BCUT2D eigenvalue weighted by Crippen LogP contribution is 2.06. The van der Waals surface area contributed by atoms with Gasteiger partial charge >= 0.3 is 0 Å². The Bertz CT molecular complexity index is 189. The normalized spacial score (nSPS) is 32.0. The Kier molecular flexibility index (Phi) is 1.20. The summed E-state index contributed by atoms with van der Waals surface area (Å²) in [5, 5.41) is 2.78. The van der Waals surface area contributed by atoms with Crippen molar-refractivity contribution >= 4 is 12.1 Å². The van der Waals surface area contributed by atoms with Gasteiger partial charge in [0.2, 0.25) is 5.91 Å². The van der Waals surface area contributed by atoms with E-state index in [4.69, 9.17) is 0 Å². The molecule has 0 aromatic carbocycles. The molecule has 1 fully saturated rings. The minimum Gasteiger partial charge on any atom is -0.353 e. The first kappa shape index (κ1) is 5.85. The first-order valence-electron chi connectivity index (χ1n) is 3.37. The highest BCUT2D eigenvalue weighted by Gasteiger charge is 2.27. The highest BCUT2D eigenvalue weighted by atomic mass is 16.2. The van der Waals surface area contributed by atoms with Gasteiger partial charge in [0, 0.05) is 12.8 Å². The smallest absolute Gasteiger partial charge is 0.234 e. The van der Waals surface area contributed by atoms with Crippen molar-refractivity contribution in [2.75, 3.05) is 19.8 Å². The molecular weight excluding hydrogens is 130 g/mol. The fraction of sp³-hybridized carbons (Fsp3) is 0.667. The molecule has 10 heavy (non-hydrogen) atoms. The minimum absolute atomic E-state index is 0.113. The van der Waals surface area contributed by atoms with Crippen molar-refractivity contribution < 1.29 is 4.79 Å². The summed E-state index contributed by atoms with van der Waals surface area (Å²) in [7, 11) is 0. The standard InChI is InChI=1S/C6H9N3O/c10-6-3-9-4-7-1-5(9)2-8-6/h1,5H,2-4H2,(H,8,10). The van der Waals surface area contributed by atoms with Crippen LogP contribution in [-0.2, 0) is 4.79 Å². The maximum Gasteiger partial charge on any atom is 0.234 e. The van der Waals surface area contributed by atoms with E-state index in [0.717, 1.165) is 6.54 Å². The molecule has 0 radical (unpaired) electrons. The highest BCUT2D eigenvalue weighted by molar-refractivity contribution is 5.81. The molecule has 1 unspecified atom stereocenters. The van der Waals surface area contributed by atoms with Gasteiger partial charge in [0.05, 0.1) is 19.3 Å². The van der Waals surface area contributed by atoms with Crippen LogP contribution in [0.2, 0.25) is 0 Å². The van der Waals surface area contributed by atoms with E-state index in [0.29, 0.717) is 19.3 Å². The molecule has 2 heterocycles. The Morgan fingerprint density at radius 2 is 2.70 bits per heavy atom. The lowest BCUT2D eigenvalue weighted by Gasteiger charge is -2.27. The van der Waals surface area contributed by atoms with E-state index in [-0.39, 0.29) is 5.91 Å². The van der Waals surface area contributed by atoms with Gasteiger partial charge in [-0.05, 0) is 0 Å². The molecule has 1 saturated heterocycles. The second-order valence-electron chi connectivity index (χ2n) is 2.59. The number of piperazine rings is 1. The van der Waals surface area contributed by atoms with Crippen molar-refractivity contribution in [2.24, 2.45) is 4.99 Å². The molecule has 0 aliphatic carbocycles. The number of amides is 1. The summed E-state index contributed by atoms with van der Waals surface area (Å²) in [6, 6.07) is 0.359. The first-order chi connectivity index (χ1) is 4.86. The van der Waals surface area contributed by atoms with E-state index in [9.17, 15) is 4.79 Å². The average Bonchev–Trinajstić information content (AvgIpc) is 2.33. The third-order valence-electron chi connectivity index (χ3n) is 1.86. The number of fused-ring (bicyclic) bond motifs is 1. The lowest BCUT2D eigenvalue weighted by atomic mass is 10.2. The third kappa shape index (κ3) is 0.806. The van der Waals surface area contributed by atoms with E-state index in [1.165, 1.54) is 0 Å². The molecule has 2 rings (SSSR count). The molecule has 1 N–H and O–H groups in total. The van der Waals surface area contributed by atoms with Crippen LogP contribution < -0.4 is 5.32 Å². The van der Waals surface area contributed by atoms with Crippen molar-refractivity contribution in [1.29, 1.82) is 0 Å². The van der Waals surface area contributed by atoms with Crippen molar-refractivity contribution in [3.63, 3.8) is 0 Å². The zero-order valence-electron chi connectivity index (χ0n) is 5.58. The average molecular weight is 139 g/mol. The lowest BCUT2D eigenvalue weighted by molar-refractivity contribution is -0.124. The summed E-state index contributed by atoms with van der Waals surface area (Å²) < 4.78 is 0. The Hall–Kier alpha value is -0.900. The molecular formula is C6H9N3O. The van der Waals surface area contributed by atoms with Crippen LogP contribution in [0.1, 0.15) is 0 Å². The fourth-order valence-electron chi connectivity index (χ4n) is 1.28. The fourth-order valence-corrected chi connectivity index (χ4v) is 1.28. The van der Waals surface area contributed by atoms with Crippen molar-refractivity contribution in [2.45, 2.75) is 6.04 Å². The van der Waals surface area contributed by atoms with E-state index in [1.807, 2.05) is 6.21 Å². The Balaban J connectivity index is 2.07. The molecule has 0 saturated carbocycles. The van der Waals surface area contributed by atoms with Gasteiger partial charge in [-0.3, -0.25) is 14.7 Å². The van der Waals surface area contributed by atoms with Gasteiger partial charge in [0.1, 0.15) is 0 Å². The van der Waals surface area contributed by atoms with E-state index in [1.54, 1.807) is 0 Å².